The Morgan fingerprint density at radius 2 is 2.08 bits per heavy atom. The number of hydrogen-bond acceptors (Lipinski definition) is 6. The molecule has 0 radical (unpaired) electrons. The summed E-state index contributed by atoms with van der Waals surface area (Å²) < 4.78 is 5.59. The van der Waals surface area contributed by atoms with Crippen molar-refractivity contribution in [1.29, 1.82) is 0 Å². The normalized spacial score (nSPS) is 10.9. The van der Waals surface area contributed by atoms with Crippen LogP contribution in [0, 0.1) is 10.1 Å². The Bertz CT molecular complexity index is 932. The van der Waals surface area contributed by atoms with Crippen LogP contribution in [0.25, 0.3) is 11.3 Å². The molecule has 0 aliphatic rings. The van der Waals surface area contributed by atoms with Crippen LogP contribution >= 0.6 is 0 Å². The average molecular weight is 335 g/mol. The van der Waals surface area contributed by atoms with E-state index in [9.17, 15) is 14.9 Å². The van der Waals surface area contributed by atoms with E-state index in [2.05, 4.69) is 9.98 Å². The van der Waals surface area contributed by atoms with Crippen LogP contribution < -0.4 is 0 Å². The third kappa shape index (κ3) is 4.03. The van der Waals surface area contributed by atoms with Crippen LogP contribution in [0.5, 0.6) is 0 Å². The molecule has 0 aliphatic heterocycles. The molecule has 0 saturated carbocycles. The highest BCUT2D eigenvalue weighted by molar-refractivity contribution is 5.96. The second-order valence-electron chi connectivity index (χ2n) is 5.12. The summed E-state index contributed by atoms with van der Waals surface area (Å²) in [5.74, 6) is 0.749. The van der Waals surface area contributed by atoms with Crippen LogP contribution in [-0.2, 0) is 0 Å². The molecule has 0 bridgehead atoms. The predicted molar refractivity (Wildman–Crippen MR) is 91.8 cm³/mol. The minimum Gasteiger partial charge on any atom is -0.455 e. The fourth-order valence-corrected chi connectivity index (χ4v) is 2.18. The molecule has 0 amide bonds. The van der Waals surface area contributed by atoms with Crippen molar-refractivity contribution in [3.05, 3.63) is 82.4 Å². The van der Waals surface area contributed by atoms with Crippen molar-refractivity contribution in [2.45, 2.75) is 0 Å². The van der Waals surface area contributed by atoms with Crippen molar-refractivity contribution in [1.82, 2.24) is 4.98 Å². The van der Waals surface area contributed by atoms with E-state index >= 15 is 0 Å². The maximum absolute atomic E-state index is 11.9. The summed E-state index contributed by atoms with van der Waals surface area (Å²) in [6, 6.07) is 14.6. The average Bonchev–Trinajstić information content (AvgIpc) is 3.11. The molecule has 0 saturated heterocycles. The van der Waals surface area contributed by atoms with Crippen LogP contribution in [0.15, 0.2) is 70.2 Å². The lowest BCUT2D eigenvalue weighted by Crippen LogP contribution is -2.05. The lowest BCUT2D eigenvalue weighted by atomic mass is 10.1. The lowest BCUT2D eigenvalue weighted by Gasteiger charge is -1.97. The van der Waals surface area contributed by atoms with Gasteiger partial charge < -0.3 is 4.42 Å². The number of nitro groups is 1. The topological polar surface area (TPSA) is 98.6 Å². The van der Waals surface area contributed by atoms with E-state index in [1.54, 1.807) is 48.7 Å². The molecule has 0 spiro atoms. The molecule has 3 rings (SSSR count). The number of rotatable bonds is 6. The highest BCUT2D eigenvalue weighted by Crippen LogP contribution is 2.25. The Hall–Kier alpha value is -3.61. The van der Waals surface area contributed by atoms with Crippen LogP contribution in [0.2, 0.25) is 0 Å². The Morgan fingerprint density at radius 3 is 2.84 bits per heavy atom. The molecule has 124 valence electrons. The summed E-state index contributed by atoms with van der Waals surface area (Å²) in [5, 5.41) is 10.8. The van der Waals surface area contributed by atoms with Crippen LogP contribution in [0.4, 0.5) is 5.69 Å². The number of nitro benzene ring substituents is 1. The summed E-state index contributed by atoms with van der Waals surface area (Å²) in [5.41, 5.74) is 0.944. The fourth-order valence-electron chi connectivity index (χ4n) is 2.18. The van der Waals surface area contributed by atoms with Gasteiger partial charge in [0.25, 0.3) is 5.69 Å². The zero-order chi connectivity index (χ0) is 17.6. The fraction of sp³-hybridized carbons (Fsp3) is 0.0556. The second-order valence-corrected chi connectivity index (χ2v) is 5.12. The smallest absolute Gasteiger partial charge is 0.270 e. The predicted octanol–water partition coefficient (Wildman–Crippen LogP) is 3.55. The molecule has 0 aliphatic carbocycles. The Balaban J connectivity index is 1.68. The number of pyridine rings is 1. The van der Waals surface area contributed by atoms with Crippen molar-refractivity contribution in [3.8, 4) is 11.3 Å². The van der Waals surface area contributed by atoms with Gasteiger partial charge in [-0.05, 0) is 24.3 Å². The van der Waals surface area contributed by atoms with E-state index in [1.165, 1.54) is 18.3 Å². The van der Waals surface area contributed by atoms with Gasteiger partial charge in [-0.25, -0.2) is 0 Å². The van der Waals surface area contributed by atoms with Crippen LogP contribution in [0.1, 0.15) is 16.2 Å². The molecule has 3 aromatic rings. The Labute approximate surface area is 142 Å². The van der Waals surface area contributed by atoms with Crippen molar-refractivity contribution in [3.63, 3.8) is 0 Å². The first-order chi connectivity index (χ1) is 12.1. The number of benzene rings is 1. The number of non-ortho nitro benzene ring substituents is 1. The van der Waals surface area contributed by atoms with Gasteiger partial charge in [0.1, 0.15) is 23.8 Å². The van der Waals surface area contributed by atoms with Crippen molar-refractivity contribution in [2.75, 3.05) is 6.54 Å². The molecule has 0 N–H and O–H groups in total. The van der Waals surface area contributed by atoms with Crippen molar-refractivity contribution in [2.24, 2.45) is 4.99 Å². The number of carbonyl (C=O) groups excluding carboxylic acids is 1. The van der Waals surface area contributed by atoms with Gasteiger partial charge >= 0.3 is 0 Å². The molecular formula is C18H13N3O4. The zero-order valence-corrected chi connectivity index (χ0v) is 13.0. The molecule has 2 aromatic heterocycles. The molecule has 0 fully saturated rings. The number of furan rings is 1. The third-order valence-corrected chi connectivity index (χ3v) is 3.37. The summed E-state index contributed by atoms with van der Waals surface area (Å²) in [4.78, 5) is 30.3. The van der Waals surface area contributed by atoms with Crippen molar-refractivity contribution < 1.29 is 14.1 Å². The van der Waals surface area contributed by atoms with E-state index in [0.717, 1.165) is 0 Å². The van der Waals surface area contributed by atoms with Gasteiger partial charge in [-0.2, -0.15) is 0 Å². The minimum absolute atomic E-state index is 0.00919. The van der Waals surface area contributed by atoms with E-state index in [4.69, 9.17) is 4.42 Å². The molecule has 0 atom stereocenters. The number of hydrogen-bond donors (Lipinski definition) is 0. The molecule has 0 unspecified atom stereocenters. The quantitative estimate of drug-likeness (QED) is 0.297. The second kappa shape index (κ2) is 7.31. The third-order valence-electron chi connectivity index (χ3n) is 3.37. The number of Topliss-reactive ketones (excluding diaryl/α,β-unsaturated/α-hetero) is 1. The van der Waals surface area contributed by atoms with Crippen LogP contribution in [0.3, 0.4) is 0 Å². The van der Waals surface area contributed by atoms with E-state index < -0.39 is 4.92 Å². The lowest BCUT2D eigenvalue weighted by molar-refractivity contribution is -0.384. The summed E-state index contributed by atoms with van der Waals surface area (Å²) in [7, 11) is 0. The summed E-state index contributed by atoms with van der Waals surface area (Å²) >= 11 is 0. The van der Waals surface area contributed by atoms with Gasteiger partial charge in [0.15, 0.2) is 0 Å². The number of aliphatic imine (C=N–C) groups is 1. The first kappa shape index (κ1) is 16.3. The standard InChI is InChI=1S/C18H13N3O4/c22-17(16-6-1-2-9-20-16)12-19-11-15-7-8-18(25-15)13-4-3-5-14(10-13)21(23)24/h1-11H,12H2. The van der Waals surface area contributed by atoms with E-state index in [1.807, 2.05) is 0 Å². The van der Waals surface area contributed by atoms with Gasteiger partial charge in [-0.3, -0.25) is 24.9 Å². The van der Waals surface area contributed by atoms with Gasteiger partial charge in [0.05, 0.1) is 11.1 Å². The number of carbonyl (C=O) groups is 1. The van der Waals surface area contributed by atoms with Gasteiger partial charge in [0, 0.05) is 23.9 Å². The van der Waals surface area contributed by atoms with Gasteiger partial charge in [-0.1, -0.05) is 18.2 Å². The first-order valence-corrected chi connectivity index (χ1v) is 7.42. The molecular weight excluding hydrogens is 322 g/mol. The SMILES string of the molecule is O=C(CN=Cc1ccc(-c2cccc([N+](=O)[O-])c2)o1)c1ccccn1. The molecule has 25 heavy (non-hydrogen) atoms. The van der Waals surface area contributed by atoms with Gasteiger partial charge in [0.2, 0.25) is 5.78 Å². The largest absolute Gasteiger partial charge is 0.455 e. The summed E-state index contributed by atoms with van der Waals surface area (Å²) in [6.45, 7) is -0.0378. The maximum Gasteiger partial charge on any atom is 0.270 e. The number of aromatic nitrogens is 1. The monoisotopic (exact) mass is 335 g/mol. The zero-order valence-electron chi connectivity index (χ0n) is 13.0. The highest BCUT2D eigenvalue weighted by Gasteiger charge is 2.10. The van der Waals surface area contributed by atoms with E-state index in [0.29, 0.717) is 22.8 Å². The van der Waals surface area contributed by atoms with Crippen LogP contribution in [-0.4, -0.2) is 28.4 Å². The highest BCUT2D eigenvalue weighted by atomic mass is 16.6. The Morgan fingerprint density at radius 1 is 1.20 bits per heavy atom. The Kier molecular flexibility index (Phi) is 4.75. The molecule has 7 nitrogen and oxygen atoms in total. The molecule has 1 aromatic carbocycles. The minimum atomic E-state index is -0.460. The first-order valence-electron chi connectivity index (χ1n) is 7.42. The molecule has 7 heteroatoms. The summed E-state index contributed by atoms with van der Waals surface area (Å²) in [6.07, 6.45) is 3.00. The molecule has 2 heterocycles. The van der Waals surface area contributed by atoms with Gasteiger partial charge in [-0.15, -0.1) is 0 Å². The number of ketones is 1. The van der Waals surface area contributed by atoms with E-state index in [-0.39, 0.29) is 18.0 Å². The maximum atomic E-state index is 11.9. The number of nitrogens with zero attached hydrogens (tertiary/aromatic N) is 3. The van der Waals surface area contributed by atoms with Crippen molar-refractivity contribution >= 4 is 17.7 Å².